The maximum Gasteiger partial charge on any atom is 0.258 e. The fourth-order valence-electron chi connectivity index (χ4n) is 4.29. The van der Waals surface area contributed by atoms with E-state index in [0.29, 0.717) is 12.0 Å². The maximum absolute atomic E-state index is 13.9. The van der Waals surface area contributed by atoms with Crippen LogP contribution in [0, 0.1) is 0 Å². The van der Waals surface area contributed by atoms with E-state index in [4.69, 9.17) is 0 Å². The summed E-state index contributed by atoms with van der Waals surface area (Å²) in [5.41, 5.74) is 6.58. The molecule has 0 atom stereocenters. The molecular weight excluding hydrogens is 390 g/mol. The van der Waals surface area contributed by atoms with Crippen LogP contribution in [-0.2, 0) is 6.42 Å². The number of hydrogen-bond acceptors (Lipinski definition) is 1. The van der Waals surface area contributed by atoms with Gasteiger partial charge in [-0.3, -0.25) is 9.36 Å². The third-order valence-corrected chi connectivity index (χ3v) is 5.75. The van der Waals surface area contributed by atoms with Gasteiger partial charge in [-0.05, 0) is 22.8 Å². The van der Waals surface area contributed by atoms with Gasteiger partial charge in [-0.1, -0.05) is 116 Å². The summed E-state index contributed by atoms with van der Waals surface area (Å²) in [7, 11) is 0. The van der Waals surface area contributed by atoms with Gasteiger partial charge in [0.05, 0.1) is 11.2 Å². The zero-order chi connectivity index (χ0) is 21.9. The quantitative estimate of drug-likeness (QED) is 0.275. The molecule has 2 nitrogen and oxygen atoms in total. The molecule has 5 aromatic rings. The largest absolute Gasteiger partial charge is 0.275 e. The van der Waals surface area contributed by atoms with Gasteiger partial charge in [0.1, 0.15) is 0 Å². The van der Waals surface area contributed by atoms with E-state index < -0.39 is 0 Å². The zero-order valence-corrected chi connectivity index (χ0v) is 17.7. The van der Waals surface area contributed by atoms with Crippen molar-refractivity contribution in [3.63, 3.8) is 0 Å². The summed E-state index contributed by atoms with van der Waals surface area (Å²) < 4.78 is 1.85. The fourth-order valence-corrected chi connectivity index (χ4v) is 4.29. The third-order valence-electron chi connectivity index (χ3n) is 5.75. The van der Waals surface area contributed by atoms with Gasteiger partial charge in [-0.15, -0.1) is 0 Å². The van der Waals surface area contributed by atoms with Crippen molar-refractivity contribution in [3.05, 3.63) is 133 Å². The van der Waals surface area contributed by atoms with Gasteiger partial charge >= 0.3 is 0 Å². The maximum atomic E-state index is 13.9. The summed E-state index contributed by atoms with van der Waals surface area (Å²) in [5.74, 6) is -0.0777. The molecule has 0 aliphatic carbocycles. The highest BCUT2D eigenvalue weighted by Crippen LogP contribution is 2.41. The Labute approximate surface area is 188 Å². The van der Waals surface area contributed by atoms with E-state index >= 15 is 0 Å². The molecule has 0 amide bonds. The minimum absolute atomic E-state index is 0.0777. The van der Waals surface area contributed by atoms with E-state index in [1.165, 1.54) is 0 Å². The smallest absolute Gasteiger partial charge is 0.258 e. The summed E-state index contributed by atoms with van der Waals surface area (Å²) in [4.78, 5) is 13.9. The molecule has 5 rings (SSSR count). The predicted molar refractivity (Wildman–Crippen MR) is 133 cm³/mol. The Balaban J connectivity index is 1.75. The number of fused-ring (bicyclic) bond motifs is 1. The van der Waals surface area contributed by atoms with Crippen molar-refractivity contribution in [2.75, 3.05) is 0 Å². The predicted octanol–water partition coefficient (Wildman–Crippen LogP) is 7.41. The molecule has 0 unspecified atom stereocenters. The first-order valence-corrected chi connectivity index (χ1v) is 10.7. The lowest BCUT2D eigenvalue weighted by atomic mass is 9.98. The Bertz CT molecular complexity index is 1400. The van der Waals surface area contributed by atoms with Crippen molar-refractivity contribution < 1.29 is 4.79 Å². The van der Waals surface area contributed by atoms with Crippen molar-refractivity contribution in [2.45, 2.75) is 6.42 Å². The third kappa shape index (κ3) is 3.57. The summed E-state index contributed by atoms with van der Waals surface area (Å²) in [6.07, 6.45) is 0.515. The van der Waals surface area contributed by atoms with Gasteiger partial charge in [0, 0.05) is 22.9 Å². The Morgan fingerprint density at radius 2 is 1.19 bits per heavy atom. The van der Waals surface area contributed by atoms with Crippen LogP contribution < -0.4 is 0 Å². The van der Waals surface area contributed by atoms with Crippen molar-refractivity contribution in [3.8, 4) is 22.4 Å². The van der Waals surface area contributed by atoms with Crippen LogP contribution in [0.5, 0.6) is 0 Å². The molecule has 0 N–H and O–H groups in total. The van der Waals surface area contributed by atoms with Gasteiger partial charge in [0.2, 0.25) is 0 Å². The Morgan fingerprint density at radius 3 is 1.84 bits per heavy atom. The van der Waals surface area contributed by atoms with E-state index in [9.17, 15) is 4.79 Å². The van der Waals surface area contributed by atoms with Crippen LogP contribution in [0.2, 0.25) is 0 Å². The summed E-state index contributed by atoms with van der Waals surface area (Å²) in [5, 5.41) is 1.05. The molecule has 0 bridgehead atoms. The first-order valence-electron chi connectivity index (χ1n) is 10.7. The topological polar surface area (TPSA) is 22.0 Å². The van der Waals surface area contributed by atoms with Crippen LogP contribution >= 0.6 is 0 Å². The molecule has 0 fully saturated rings. The van der Waals surface area contributed by atoms with Crippen LogP contribution in [0.25, 0.3) is 33.3 Å². The standard InChI is InChI=1S/C30H23NO/c1-22(21-23-13-5-2-6-14-23)30(32)31-27-20-12-11-19-26(27)28(24-15-7-3-8-16-24)29(31)25-17-9-4-10-18-25/h2-20H,1,21H2. The molecule has 154 valence electrons. The molecule has 1 heterocycles. The van der Waals surface area contributed by atoms with E-state index in [0.717, 1.165) is 38.9 Å². The molecule has 4 aromatic carbocycles. The van der Waals surface area contributed by atoms with Crippen LogP contribution in [0.1, 0.15) is 10.4 Å². The second-order valence-corrected chi connectivity index (χ2v) is 7.88. The number of rotatable bonds is 5. The Hall–Kier alpha value is -4.17. The zero-order valence-electron chi connectivity index (χ0n) is 17.7. The molecule has 32 heavy (non-hydrogen) atoms. The molecule has 0 spiro atoms. The molecule has 0 saturated heterocycles. The van der Waals surface area contributed by atoms with Crippen molar-refractivity contribution in [1.29, 1.82) is 0 Å². The van der Waals surface area contributed by atoms with Crippen LogP contribution in [0.3, 0.4) is 0 Å². The molecule has 0 radical (unpaired) electrons. The first-order chi connectivity index (χ1) is 15.7. The average Bonchev–Trinajstić information content (AvgIpc) is 3.20. The first kappa shape index (κ1) is 19.8. The fraction of sp³-hybridized carbons (Fsp3) is 0.0333. The lowest BCUT2D eigenvalue weighted by Crippen LogP contribution is -2.15. The summed E-state index contributed by atoms with van der Waals surface area (Å²) >= 11 is 0. The second kappa shape index (κ2) is 8.52. The van der Waals surface area contributed by atoms with E-state index in [2.05, 4.69) is 36.9 Å². The molecule has 1 aromatic heterocycles. The highest BCUT2D eigenvalue weighted by atomic mass is 16.2. The van der Waals surface area contributed by atoms with Gasteiger partial charge in [-0.25, -0.2) is 0 Å². The highest BCUT2D eigenvalue weighted by molar-refractivity contribution is 6.13. The molecule has 0 saturated carbocycles. The SMILES string of the molecule is C=C(Cc1ccccc1)C(=O)n1c(-c2ccccc2)c(-c2ccccc2)c2ccccc21. The van der Waals surface area contributed by atoms with Gasteiger partial charge < -0.3 is 0 Å². The Morgan fingerprint density at radius 1 is 0.656 bits per heavy atom. The number of para-hydroxylation sites is 1. The number of carbonyl (C=O) groups excluding carboxylic acids is 1. The lowest BCUT2D eigenvalue weighted by Gasteiger charge is -2.13. The second-order valence-electron chi connectivity index (χ2n) is 7.88. The number of aromatic nitrogens is 1. The monoisotopic (exact) mass is 413 g/mol. The minimum Gasteiger partial charge on any atom is -0.275 e. The van der Waals surface area contributed by atoms with Crippen LogP contribution in [-0.4, -0.2) is 10.5 Å². The number of hydrogen-bond donors (Lipinski definition) is 0. The molecule has 0 aliphatic rings. The highest BCUT2D eigenvalue weighted by Gasteiger charge is 2.24. The number of benzene rings is 4. The van der Waals surface area contributed by atoms with Crippen molar-refractivity contribution in [2.24, 2.45) is 0 Å². The minimum atomic E-state index is -0.0777. The number of carbonyl (C=O) groups is 1. The number of allylic oxidation sites excluding steroid dienone is 1. The van der Waals surface area contributed by atoms with Gasteiger partial charge in [0.15, 0.2) is 0 Å². The Kier molecular flexibility index (Phi) is 5.27. The lowest BCUT2D eigenvalue weighted by molar-refractivity contribution is 0.0960. The van der Waals surface area contributed by atoms with Gasteiger partial charge in [-0.2, -0.15) is 0 Å². The molecular formula is C30H23NO. The van der Waals surface area contributed by atoms with Crippen LogP contribution in [0.15, 0.2) is 127 Å². The van der Waals surface area contributed by atoms with E-state index in [1.807, 2.05) is 89.5 Å². The van der Waals surface area contributed by atoms with Crippen molar-refractivity contribution >= 4 is 16.8 Å². The van der Waals surface area contributed by atoms with Crippen molar-refractivity contribution in [1.82, 2.24) is 4.57 Å². The average molecular weight is 414 g/mol. The molecule has 2 heteroatoms. The van der Waals surface area contributed by atoms with E-state index in [1.54, 1.807) is 0 Å². The van der Waals surface area contributed by atoms with Crippen LogP contribution in [0.4, 0.5) is 0 Å². The summed E-state index contributed by atoms with van der Waals surface area (Å²) in [6, 6.07) is 38.5. The summed E-state index contributed by atoms with van der Waals surface area (Å²) in [6.45, 7) is 4.18. The van der Waals surface area contributed by atoms with Gasteiger partial charge in [0.25, 0.3) is 5.91 Å². The van der Waals surface area contributed by atoms with E-state index in [-0.39, 0.29) is 5.91 Å². The normalized spacial score (nSPS) is 10.9. The number of nitrogens with zero attached hydrogens (tertiary/aromatic N) is 1. The molecule has 0 aliphatic heterocycles.